The van der Waals surface area contributed by atoms with Gasteiger partial charge in [0.1, 0.15) is 4.90 Å². The smallest absolute Gasteiger partial charge is 0.305 e. The molecule has 1 aromatic rings. The number of carbonyl (C=O) groups excluding carboxylic acids is 1. The molecule has 0 saturated heterocycles. The van der Waals surface area contributed by atoms with Crippen molar-refractivity contribution in [2.45, 2.75) is 17.7 Å². The Bertz CT molecular complexity index is 712. The zero-order chi connectivity index (χ0) is 16.1. The Morgan fingerprint density at radius 3 is 2.43 bits per heavy atom. The van der Waals surface area contributed by atoms with Crippen LogP contribution in [0.25, 0.3) is 0 Å². The van der Waals surface area contributed by atoms with Crippen LogP contribution in [0.3, 0.4) is 0 Å². The lowest BCUT2D eigenvalue weighted by Gasteiger charge is -2.11. The maximum atomic E-state index is 11.9. The Balaban J connectivity index is 2.84. The number of para-hydroxylation sites is 1. The van der Waals surface area contributed by atoms with Crippen molar-refractivity contribution in [3.63, 3.8) is 0 Å². The average molecular weight is 336 g/mol. The second kappa shape index (κ2) is 6.87. The number of hydrogen-bond acceptors (Lipinski definition) is 6. The fraction of sp³-hybridized carbons (Fsp3) is 0.364. The highest BCUT2D eigenvalue weighted by Crippen LogP contribution is 2.20. The largest absolute Gasteiger partial charge is 0.469 e. The van der Waals surface area contributed by atoms with Gasteiger partial charge >= 0.3 is 5.97 Å². The second-order valence-corrected chi connectivity index (χ2v) is 7.51. The van der Waals surface area contributed by atoms with Crippen molar-refractivity contribution in [2.24, 2.45) is 5.14 Å². The molecule has 118 valence electrons. The zero-order valence-corrected chi connectivity index (χ0v) is 12.9. The van der Waals surface area contributed by atoms with E-state index in [0.29, 0.717) is 0 Å². The van der Waals surface area contributed by atoms with E-state index < -0.39 is 26.0 Å². The van der Waals surface area contributed by atoms with Gasteiger partial charge in [-0.15, -0.1) is 0 Å². The number of esters is 1. The van der Waals surface area contributed by atoms with Crippen LogP contribution in [0.15, 0.2) is 29.2 Å². The Labute approximate surface area is 123 Å². The Morgan fingerprint density at radius 1 is 1.24 bits per heavy atom. The van der Waals surface area contributed by atoms with Gasteiger partial charge in [-0.25, -0.2) is 22.0 Å². The van der Waals surface area contributed by atoms with Crippen LogP contribution in [0, 0.1) is 0 Å². The quantitative estimate of drug-likeness (QED) is 0.675. The van der Waals surface area contributed by atoms with Gasteiger partial charge in [0, 0.05) is 6.42 Å². The van der Waals surface area contributed by atoms with Gasteiger partial charge in [-0.2, -0.15) is 0 Å². The molecule has 0 unspecified atom stereocenters. The lowest BCUT2D eigenvalue weighted by Crippen LogP contribution is -2.21. The maximum Gasteiger partial charge on any atom is 0.305 e. The van der Waals surface area contributed by atoms with Crippen molar-refractivity contribution in [3.8, 4) is 0 Å². The summed E-state index contributed by atoms with van der Waals surface area (Å²) in [6, 6.07) is 5.38. The van der Waals surface area contributed by atoms with Crippen molar-refractivity contribution < 1.29 is 26.4 Å². The molecule has 0 aliphatic heterocycles. The van der Waals surface area contributed by atoms with Gasteiger partial charge < -0.3 is 4.74 Å². The minimum atomic E-state index is -4.04. The summed E-state index contributed by atoms with van der Waals surface area (Å²) in [7, 11) is -6.64. The maximum absolute atomic E-state index is 11.9. The molecule has 0 radical (unpaired) electrons. The van der Waals surface area contributed by atoms with Crippen LogP contribution in [0.1, 0.15) is 12.8 Å². The van der Waals surface area contributed by atoms with E-state index in [9.17, 15) is 21.6 Å². The van der Waals surface area contributed by atoms with Gasteiger partial charge in [0.2, 0.25) is 20.0 Å². The molecule has 8 nitrogen and oxygen atoms in total. The Kier molecular flexibility index (Phi) is 5.70. The van der Waals surface area contributed by atoms with Gasteiger partial charge in [0.15, 0.2) is 0 Å². The van der Waals surface area contributed by atoms with Crippen molar-refractivity contribution >= 4 is 31.7 Å². The van der Waals surface area contributed by atoms with Gasteiger partial charge in [-0.05, 0) is 18.6 Å². The molecule has 0 spiro atoms. The highest BCUT2D eigenvalue weighted by Gasteiger charge is 2.18. The molecule has 0 aliphatic carbocycles. The lowest BCUT2D eigenvalue weighted by molar-refractivity contribution is -0.140. The number of sulfonamides is 2. The van der Waals surface area contributed by atoms with E-state index in [4.69, 9.17) is 5.14 Å². The molecular formula is C11H16N2O6S2. The minimum Gasteiger partial charge on any atom is -0.469 e. The van der Waals surface area contributed by atoms with E-state index in [1.165, 1.54) is 31.4 Å². The fourth-order valence-corrected chi connectivity index (χ4v) is 3.42. The highest BCUT2D eigenvalue weighted by atomic mass is 32.2. The summed E-state index contributed by atoms with van der Waals surface area (Å²) in [5, 5.41) is 5.01. The first kappa shape index (κ1) is 17.4. The molecule has 1 aromatic carbocycles. The zero-order valence-electron chi connectivity index (χ0n) is 11.3. The first-order valence-electron chi connectivity index (χ1n) is 5.85. The number of carbonyl (C=O) groups is 1. The highest BCUT2D eigenvalue weighted by molar-refractivity contribution is 7.93. The summed E-state index contributed by atoms with van der Waals surface area (Å²) >= 11 is 0. The molecule has 0 fully saturated rings. The third kappa shape index (κ3) is 5.69. The Hall–Kier alpha value is -1.65. The van der Waals surface area contributed by atoms with Crippen LogP contribution in [0.2, 0.25) is 0 Å². The van der Waals surface area contributed by atoms with Crippen LogP contribution in [0.4, 0.5) is 5.69 Å². The molecule has 0 bridgehead atoms. The van der Waals surface area contributed by atoms with E-state index in [2.05, 4.69) is 9.46 Å². The normalized spacial score (nSPS) is 11.9. The van der Waals surface area contributed by atoms with E-state index in [1.54, 1.807) is 0 Å². The molecule has 0 heterocycles. The van der Waals surface area contributed by atoms with E-state index in [0.717, 1.165) is 0 Å². The molecular weight excluding hydrogens is 320 g/mol. The number of ether oxygens (including phenoxy) is 1. The third-order valence-electron chi connectivity index (χ3n) is 2.48. The van der Waals surface area contributed by atoms with Crippen LogP contribution in [-0.4, -0.2) is 35.7 Å². The molecule has 3 N–H and O–H groups in total. The van der Waals surface area contributed by atoms with Crippen LogP contribution < -0.4 is 9.86 Å². The molecule has 21 heavy (non-hydrogen) atoms. The SMILES string of the molecule is COC(=O)CCCS(=O)(=O)Nc1ccccc1S(N)(=O)=O. The van der Waals surface area contributed by atoms with E-state index in [1.807, 2.05) is 0 Å². The number of rotatable bonds is 7. The molecule has 0 atom stereocenters. The molecule has 10 heteroatoms. The monoisotopic (exact) mass is 336 g/mol. The predicted molar refractivity (Wildman–Crippen MR) is 76.5 cm³/mol. The number of benzene rings is 1. The topological polar surface area (TPSA) is 133 Å². The average Bonchev–Trinajstić information content (AvgIpc) is 2.37. The second-order valence-electron chi connectivity index (χ2n) is 4.14. The standard InChI is InChI=1S/C11H16N2O6S2/c1-19-11(14)7-4-8-20(15,16)13-9-5-2-3-6-10(9)21(12,17)18/h2-3,5-6,13H,4,7-8H2,1H3,(H2,12,17,18). The number of methoxy groups -OCH3 is 1. The summed E-state index contributed by atoms with van der Waals surface area (Å²) in [6.07, 6.45) is 0.00773. The fourth-order valence-electron chi connectivity index (χ4n) is 1.53. The van der Waals surface area contributed by atoms with Crippen molar-refractivity contribution in [3.05, 3.63) is 24.3 Å². The number of nitrogens with one attached hydrogen (secondary N) is 1. The Morgan fingerprint density at radius 2 is 1.86 bits per heavy atom. The molecule has 0 aromatic heterocycles. The summed E-state index contributed by atoms with van der Waals surface area (Å²) in [5.41, 5.74) is -0.127. The molecule has 0 aliphatic rings. The lowest BCUT2D eigenvalue weighted by atomic mass is 10.3. The van der Waals surface area contributed by atoms with Crippen molar-refractivity contribution in [1.29, 1.82) is 0 Å². The predicted octanol–water partition coefficient (Wildman–Crippen LogP) is 0.0289. The van der Waals surface area contributed by atoms with Crippen molar-refractivity contribution in [2.75, 3.05) is 17.6 Å². The number of primary sulfonamides is 1. The summed E-state index contributed by atoms with van der Waals surface area (Å²) < 4.78 is 53.0. The van der Waals surface area contributed by atoms with Gasteiger partial charge in [-0.3, -0.25) is 9.52 Å². The van der Waals surface area contributed by atoms with Crippen LogP contribution in [0.5, 0.6) is 0 Å². The van der Waals surface area contributed by atoms with Gasteiger partial charge in [0.25, 0.3) is 0 Å². The number of anilines is 1. The van der Waals surface area contributed by atoms with Gasteiger partial charge in [-0.1, -0.05) is 12.1 Å². The minimum absolute atomic E-state index is 0.0474. The molecule has 1 rings (SSSR count). The number of hydrogen-bond donors (Lipinski definition) is 2. The van der Waals surface area contributed by atoms with Crippen LogP contribution in [-0.2, 0) is 29.6 Å². The van der Waals surface area contributed by atoms with Gasteiger partial charge in [0.05, 0.1) is 18.6 Å². The summed E-state index contributed by atoms with van der Waals surface area (Å²) in [4.78, 5) is 10.6. The van der Waals surface area contributed by atoms with Crippen molar-refractivity contribution in [1.82, 2.24) is 0 Å². The van der Waals surface area contributed by atoms with E-state index >= 15 is 0 Å². The summed E-state index contributed by atoms with van der Waals surface area (Å²) in [5.74, 6) is -0.865. The first-order chi connectivity index (χ1) is 9.65. The summed E-state index contributed by atoms with van der Waals surface area (Å²) in [6.45, 7) is 0. The van der Waals surface area contributed by atoms with Crippen LogP contribution >= 0.6 is 0 Å². The molecule has 0 amide bonds. The third-order valence-corrected chi connectivity index (χ3v) is 4.81. The first-order valence-corrected chi connectivity index (χ1v) is 9.05. The molecule has 0 saturated carbocycles. The number of nitrogens with two attached hydrogens (primary N) is 1. The van der Waals surface area contributed by atoms with E-state index in [-0.39, 0.29) is 29.2 Å².